The summed E-state index contributed by atoms with van der Waals surface area (Å²) in [7, 11) is 0. The van der Waals surface area contributed by atoms with Crippen molar-refractivity contribution in [3.05, 3.63) is 467 Å². The van der Waals surface area contributed by atoms with Gasteiger partial charge >= 0.3 is 0 Å². The molecule has 29 aromatic rings. The lowest BCUT2D eigenvalue weighted by atomic mass is 9.93. The van der Waals surface area contributed by atoms with Crippen LogP contribution in [0.15, 0.2) is 467 Å². The SMILES string of the molecule is c1cc(-c2ccc3c4c(cccc24)-c2ccccc2-3)cc(-n2c3ccccc3c3cc4c5ccccc5c5ccccc5c4cc32)c1.c1ccc2c(c1)-c1cccc3c(-c4ccc(-n5c6ccccc6c6cc7c8ccccc8c8ccccc8c7cc65)cc4)ccc-2c13.c1ccc2c(c1)-c1cccc3c(-n4c5ccccc5c5cc6c7ccccc7c7ccccc7c6cc54)ccc-2c13. The van der Waals surface area contributed by atoms with Crippen LogP contribution in [0.25, 0.3) is 301 Å². The van der Waals surface area contributed by atoms with E-state index in [0.29, 0.717) is 0 Å². The lowest BCUT2D eigenvalue weighted by Gasteiger charge is -2.14. The Hall–Kier alpha value is -17.8. The van der Waals surface area contributed by atoms with Crippen LogP contribution in [0, 0.1) is 0 Å². The van der Waals surface area contributed by atoms with E-state index in [4.69, 9.17) is 0 Å². The molecule has 3 heterocycles. The topological polar surface area (TPSA) is 14.8 Å². The number of para-hydroxylation sites is 3. The number of hydrogen-bond donors (Lipinski definition) is 0. The first-order valence-electron chi connectivity index (χ1n) is 47.0. The second kappa shape index (κ2) is 28.4. The van der Waals surface area contributed by atoms with Crippen LogP contribution in [0.1, 0.15) is 0 Å². The second-order valence-corrected chi connectivity index (χ2v) is 36.9. The lowest BCUT2D eigenvalue weighted by molar-refractivity contribution is 1.18. The van der Waals surface area contributed by atoms with E-state index < -0.39 is 0 Å². The summed E-state index contributed by atoms with van der Waals surface area (Å²) < 4.78 is 7.41. The second-order valence-electron chi connectivity index (χ2n) is 36.9. The van der Waals surface area contributed by atoms with Gasteiger partial charge in [-0.2, -0.15) is 0 Å². The molecule has 0 aliphatic heterocycles. The molecule has 3 aliphatic carbocycles. The molecule has 0 N–H and O–H groups in total. The van der Waals surface area contributed by atoms with Gasteiger partial charge in [0.1, 0.15) is 0 Å². The fraction of sp³-hybridized carbons (Fsp3) is 0. The van der Waals surface area contributed by atoms with Gasteiger partial charge in [0, 0.05) is 49.1 Å². The first kappa shape index (κ1) is 74.1. The maximum absolute atomic E-state index is 2.50. The van der Waals surface area contributed by atoms with E-state index in [-0.39, 0.29) is 0 Å². The normalized spacial score (nSPS) is 12.3. The fourth-order valence-corrected chi connectivity index (χ4v) is 24.6. The molecule has 0 spiro atoms. The third-order valence-electron chi connectivity index (χ3n) is 30.3. The third-order valence-corrected chi connectivity index (χ3v) is 30.3. The van der Waals surface area contributed by atoms with Crippen molar-refractivity contribution >= 4 is 195 Å². The number of fused-ring (bicyclic) bond motifs is 36. The largest absolute Gasteiger partial charge is 0.309 e. The zero-order valence-electron chi connectivity index (χ0n) is 73.3. The molecule has 0 unspecified atom stereocenters. The molecule has 0 bridgehead atoms. The smallest absolute Gasteiger partial charge is 0.0547 e. The van der Waals surface area contributed by atoms with Gasteiger partial charge in [-0.15, -0.1) is 0 Å². The molecule has 0 radical (unpaired) electrons. The predicted octanol–water partition coefficient (Wildman–Crippen LogP) is 36.5. The number of benzene rings is 26. The van der Waals surface area contributed by atoms with Crippen LogP contribution in [0.5, 0.6) is 0 Å². The summed E-state index contributed by atoms with van der Waals surface area (Å²) in [4.78, 5) is 0. The molecule has 32 rings (SSSR count). The molecule has 3 aromatic heterocycles. The van der Waals surface area contributed by atoms with Crippen molar-refractivity contribution in [1.29, 1.82) is 0 Å². The summed E-state index contributed by atoms with van der Waals surface area (Å²) in [6.07, 6.45) is 0. The van der Waals surface area contributed by atoms with E-state index in [1.165, 1.54) is 301 Å². The molecule has 0 saturated carbocycles. The molecule has 0 fully saturated rings. The van der Waals surface area contributed by atoms with E-state index in [1.54, 1.807) is 0 Å². The van der Waals surface area contributed by atoms with Crippen LogP contribution >= 0.6 is 0 Å². The molecule has 135 heavy (non-hydrogen) atoms. The molecule has 0 atom stereocenters. The van der Waals surface area contributed by atoms with E-state index in [0.717, 1.165) is 0 Å². The maximum atomic E-state index is 2.50. The van der Waals surface area contributed by atoms with Crippen LogP contribution in [-0.2, 0) is 0 Å². The van der Waals surface area contributed by atoms with Crippen molar-refractivity contribution in [1.82, 2.24) is 13.7 Å². The minimum absolute atomic E-state index is 1.17. The number of aromatic nitrogens is 3. The predicted molar refractivity (Wildman–Crippen MR) is 577 cm³/mol. The minimum atomic E-state index is 1.17. The van der Waals surface area contributed by atoms with Crippen LogP contribution < -0.4 is 0 Å². The standard InChI is InChI=1S/2C46H27N.C40H23N/c1-5-17-35-31(13-1)32-14-2-6-18-36(32)42-27-45-43(26-41(35)42)37-19-7-8-22-44(37)47(45)29-12-9-11-28(25-29)30-23-24-40-34-16-4-3-15-33(34)39-21-10-20-38(30)46(39)40;1-5-14-35-31(10-1)32-11-2-6-15-36(32)42-27-45-43(26-41(35)42)37-16-7-8-19-44(37)47(45)29-22-20-28(21-23-29)30-24-25-40-34-13-4-3-12-33(34)39-18-9-17-38(30)46(39)40;1-5-14-28-24(10-1)25-11-2-6-15-29(25)35-23-39-36(22-34(28)35)30-16-7-8-19-37(30)41(39)38-21-20-32-27-13-4-3-12-26(27)31-17-9-18-33(38)40(31)32/h2*1-27H;1-23H. The number of rotatable bonds is 5. The van der Waals surface area contributed by atoms with Crippen LogP contribution in [0.3, 0.4) is 0 Å². The molecule has 0 amide bonds. The van der Waals surface area contributed by atoms with Crippen LogP contribution in [0.4, 0.5) is 0 Å². The zero-order valence-corrected chi connectivity index (χ0v) is 73.3. The average Bonchev–Trinajstić information content (AvgIpc) is 1.57. The maximum Gasteiger partial charge on any atom is 0.0547 e. The van der Waals surface area contributed by atoms with E-state index in [9.17, 15) is 0 Å². The van der Waals surface area contributed by atoms with Gasteiger partial charge in [-0.3, -0.25) is 0 Å². The van der Waals surface area contributed by atoms with Crippen molar-refractivity contribution in [3.8, 4) is 106 Å². The highest BCUT2D eigenvalue weighted by molar-refractivity contribution is 6.34. The van der Waals surface area contributed by atoms with Crippen molar-refractivity contribution in [2.24, 2.45) is 0 Å². The van der Waals surface area contributed by atoms with Crippen molar-refractivity contribution < 1.29 is 0 Å². The van der Waals surface area contributed by atoms with Crippen LogP contribution in [0.2, 0.25) is 0 Å². The highest BCUT2D eigenvalue weighted by Crippen LogP contribution is 2.55. The average molecular weight is 1710 g/mol. The lowest BCUT2D eigenvalue weighted by Crippen LogP contribution is -1.96. The van der Waals surface area contributed by atoms with Gasteiger partial charge in [0.2, 0.25) is 0 Å². The first-order valence-corrected chi connectivity index (χ1v) is 47.0. The van der Waals surface area contributed by atoms with Crippen LogP contribution in [-0.4, -0.2) is 13.7 Å². The van der Waals surface area contributed by atoms with E-state index in [2.05, 4.69) is 481 Å². The molecule has 26 aromatic carbocycles. The van der Waals surface area contributed by atoms with Gasteiger partial charge in [0.25, 0.3) is 0 Å². The summed E-state index contributed by atoms with van der Waals surface area (Å²) in [5.74, 6) is 0. The summed E-state index contributed by atoms with van der Waals surface area (Å²) in [5.41, 5.74) is 32.0. The Bertz CT molecular complexity index is 10300. The molecular weight excluding hydrogens is 1630 g/mol. The number of nitrogens with zero attached hydrogens (tertiary/aromatic N) is 3. The summed E-state index contributed by atoms with van der Waals surface area (Å²) >= 11 is 0. The molecule has 3 heteroatoms. The van der Waals surface area contributed by atoms with Gasteiger partial charge in [-0.05, 0) is 298 Å². The van der Waals surface area contributed by atoms with E-state index >= 15 is 0 Å². The highest BCUT2D eigenvalue weighted by atomic mass is 15.0. The molecule has 620 valence electrons. The van der Waals surface area contributed by atoms with Gasteiger partial charge in [0.05, 0.1) is 38.8 Å². The monoisotopic (exact) mass is 1700 g/mol. The Labute approximate surface area is 776 Å². The summed E-state index contributed by atoms with van der Waals surface area (Å²) in [6, 6.07) is 173. The van der Waals surface area contributed by atoms with Gasteiger partial charge in [0.15, 0.2) is 0 Å². The van der Waals surface area contributed by atoms with Crippen molar-refractivity contribution in [2.75, 3.05) is 0 Å². The third kappa shape index (κ3) is 10.5. The quantitative estimate of drug-likeness (QED) is 0.153. The van der Waals surface area contributed by atoms with Crippen molar-refractivity contribution in [2.45, 2.75) is 0 Å². The molecular formula is C132H77N3. The van der Waals surface area contributed by atoms with Gasteiger partial charge < -0.3 is 13.7 Å². The summed E-state index contributed by atoms with van der Waals surface area (Å²) in [5, 5.41) is 39.1. The van der Waals surface area contributed by atoms with Gasteiger partial charge in [-0.1, -0.05) is 382 Å². The Morgan fingerprint density at radius 3 is 0.719 bits per heavy atom. The zero-order chi connectivity index (χ0) is 87.9. The Morgan fingerprint density at radius 2 is 0.348 bits per heavy atom. The molecule has 3 aliphatic rings. The number of hydrogen-bond acceptors (Lipinski definition) is 0. The fourth-order valence-electron chi connectivity index (χ4n) is 24.6. The minimum Gasteiger partial charge on any atom is -0.309 e. The first-order chi connectivity index (χ1) is 67.0. The Balaban J connectivity index is 0.0000000967. The Kier molecular flexibility index (Phi) is 15.6. The Morgan fingerprint density at radius 1 is 0.104 bits per heavy atom. The molecule has 3 nitrogen and oxygen atoms in total. The van der Waals surface area contributed by atoms with Gasteiger partial charge in [-0.25, -0.2) is 0 Å². The summed E-state index contributed by atoms with van der Waals surface area (Å²) in [6.45, 7) is 0. The highest BCUT2D eigenvalue weighted by Gasteiger charge is 2.29. The van der Waals surface area contributed by atoms with E-state index in [1.807, 2.05) is 0 Å². The molecule has 0 saturated heterocycles. The van der Waals surface area contributed by atoms with Crippen molar-refractivity contribution in [3.63, 3.8) is 0 Å².